The fraction of sp³-hybridized carbons (Fsp3) is 0.857. The Morgan fingerprint density at radius 2 is 1.68 bits per heavy atom. The number of amides is 3. The van der Waals surface area contributed by atoms with Crippen molar-refractivity contribution < 1.29 is 9.59 Å². The molecule has 2 fully saturated rings. The first kappa shape index (κ1) is 14.3. The smallest absolute Gasteiger partial charge is 0.324 e. The SMILES string of the molecule is CC1(C)NC(=O)N(CCCN2CCCCCC2)C1=O. The molecule has 19 heavy (non-hydrogen) atoms. The highest BCUT2D eigenvalue weighted by atomic mass is 16.2. The Balaban J connectivity index is 1.76. The van der Waals surface area contributed by atoms with Gasteiger partial charge in [0.1, 0.15) is 5.54 Å². The van der Waals surface area contributed by atoms with Gasteiger partial charge in [-0.2, -0.15) is 0 Å². The third-order valence-electron chi connectivity index (χ3n) is 4.00. The second-order valence-electron chi connectivity index (χ2n) is 6.12. The maximum Gasteiger partial charge on any atom is 0.325 e. The van der Waals surface area contributed by atoms with Crippen LogP contribution >= 0.6 is 0 Å². The van der Waals surface area contributed by atoms with Gasteiger partial charge < -0.3 is 10.2 Å². The van der Waals surface area contributed by atoms with E-state index in [-0.39, 0.29) is 11.9 Å². The van der Waals surface area contributed by atoms with E-state index in [9.17, 15) is 9.59 Å². The Labute approximate surface area is 115 Å². The Bertz CT molecular complexity index is 347. The molecule has 5 nitrogen and oxygen atoms in total. The van der Waals surface area contributed by atoms with Crippen molar-refractivity contribution >= 4 is 11.9 Å². The third kappa shape index (κ3) is 3.47. The average molecular weight is 267 g/mol. The number of carbonyl (C=O) groups is 2. The average Bonchev–Trinajstić information content (AvgIpc) is 2.56. The van der Waals surface area contributed by atoms with Gasteiger partial charge in [-0.05, 0) is 52.7 Å². The number of carbonyl (C=O) groups excluding carboxylic acids is 2. The number of imide groups is 1. The number of rotatable bonds is 4. The quantitative estimate of drug-likeness (QED) is 0.787. The molecule has 0 radical (unpaired) electrons. The molecule has 0 bridgehead atoms. The molecule has 0 atom stereocenters. The fourth-order valence-electron chi connectivity index (χ4n) is 2.83. The summed E-state index contributed by atoms with van der Waals surface area (Å²) in [6, 6.07) is -0.245. The van der Waals surface area contributed by atoms with E-state index in [0.29, 0.717) is 6.54 Å². The Kier molecular flexibility index (Phi) is 4.45. The lowest BCUT2D eigenvalue weighted by Crippen LogP contribution is -2.40. The minimum atomic E-state index is -0.736. The van der Waals surface area contributed by atoms with Crippen molar-refractivity contribution in [2.75, 3.05) is 26.2 Å². The molecule has 1 N–H and O–H groups in total. The van der Waals surface area contributed by atoms with Gasteiger partial charge in [-0.15, -0.1) is 0 Å². The van der Waals surface area contributed by atoms with Crippen LogP contribution in [0.25, 0.3) is 0 Å². The second kappa shape index (κ2) is 5.90. The van der Waals surface area contributed by atoms with Gasteiger partial charge in [0.25, 0.3) is 5.91 Å². The topological polar surface area (TPSA) is 52.7 Å². The molecule has 2 aliphatic rings. The standard InChI is InChI=1S/C14H25N3O2/c1-14(2)12(18)17(13(19)15-14)11-7-10-16-8-5-3-4-6-9-16/h3-11H2,1-2H3,(H,15,19). The molecule has 0 aromatic heterocycles. The maximum absolute atomic E-state index is 12.0. The number of likely N-dealkylation sites (tertiary alicyclic amines) is 1. The molecule has 0 saturated carbocycles. The summed E-state index contributed by atoms with van der Waals surface area (Å²) < 4.78 is 0. The maximum atomic E-state index is 12.0. The number of nitrogens with one attached hydrogen (secondary N) is 1. The van der Waals surface area contributed by atoms with E-state index in [2.05, 4.69) is 10.2 Å². The lowest BCUT2D eigenvalue weighted by atomic mass is 10.1. The van der Waals surface area contributed by atoms with Crippen LogP contribution in [0.4, 0.5) is 4.79 Å². The summed E-state index contributed by atoms with van der Waals surface area (Å²) >= 11 is 0. The first-order chi connectivity index (χ1) is 9.00. The molecule has 2 rings (SSSR count). The summed E-state index contributed by atoms with van der Waals surface area (Å²) in [6.07, 6.45) is 6.08. The van der Waals surface area contributed by atoms with E-state index >= 15 is 0 Å². The number of nitrogens with zero attached hydrogens (tertiary/aromatic N) is 2. The van der Waals surface area contributed by atoms with Crippen LogP contribution in [0.5, 0.6) is 0 Å². The van der Waals surface area contributed by atoms with Crippen LogP contribution in [0.15, 0.2) is 0 Å². The normalized spacial score (nSPS) is 24.4. The summed E-state index contributed by atoms with van der Waals surface area (Å²) in [7, 11) is 0. The van der Waals surface area contributed by atoms with E-state index in [1.165, 1.54) is 30.6 Å². The van der Waals surface area contributed by atoms with E-state index in [1.54, 1.807) is 13.8 Å². The molecule has 2 aliphatic heterocycles. The molecule has 3 amide bonds. The molecule has 0 aromatic carbocycles. The van der Waals surface area contributed by atoms with E-state index in [0.717, 1.165) is 26.1 Å². The van der Waals surface area contributed by atoms with Gasteiger partial charge in [-0.25, -0.2) is 4.79 Å². The van der Waals surface area contributed by atoms with E-state index < -0.39 is 5.54 Å². The lowest BCUT2D eigenvalue weighted by molar-refractivity contribution is -0.130. The number of hydrogen-bond acceptors (Lipinski definition) is 3. The van der Waals surface area contributed by atoms with E-state index in [4.69, 9.17) is 0 Å². The van der Waals surface area contributed by atoms with Crippen molar-refractivity contribution in [1.82, 2.24) is 15.1 Å². The lowest BCUT2D eigenvalue weighted by Gasteiger charge is -2.21. The zero-order valence-corrected chi connectivity index (χ0v) is 12.1. The zero-order chi connectivity index (χ0) is 13.9. The van der Waals surface area contributed by atoms with Gasteiger partial charge in [-0.3, -0.25) is 9.69 Å². The van der Waals surface area contributed by atoms with Gasteiger partial charge >= 0.3 is 6.03 Å². The second-order valence-corrected chi connectivity index (χ2v) is 6.12. The molecule has 0 aliphatic carbocycles. The molecule has 108 valence electrons. The molecule has 5 heteroatoms. The van der Waals surface area contributed by atoms with Crippen molar-refractivity contribution in [3.63, 3.8) is 0 Å². The number of urea groups is 1. The van der Waals surface area contributed by atoms with Crippen molar-refractivity contribution in [1.29, 1.82) is 0 Å². The van der Waals surface area contributed by atoms with Crippen LogP contribution in [0.2, 0.25) is 0 Å². The minimum Gasteiger partial charge on any atom is -0.324 e. The van der Waals surface area contributed by atoms with Gasteiger partial charge in [0.2, 0.25) is 0 Å². The molecule has 2 saturated heterocycles. The van der Waals surface area contributed by atoms with Gasteiger partial charge in [-0.1, -0.05) is 12.8 Å². The Morgan fingerprint density at radius 3 is 2.21 bits per heavy atom. The van der Waals surface area contributed by atoms with Gasteiger partial charge in [0.15, 0.2) is 0 Å². The largest absolute Gasteiger partial charge is 0.325 e. The molecular formula is C14H25N3O2. The predicted octanol–water partition coefficient (Wildman–Crippen LogP) is 1.58. The minimum absolute atomic E-state index is 0.103. The molecule has 0 aromatic rings. The van der Waals surface area contributed by atoms with Crippen LogP contribution in [-0.4, -0.2) is 53.5 Å². The summed E-state index contributed by atoms with van der Waals surface area (Å²) in [5.74, 6) is -0.103. The van der Waals surface area contributed by atoms with Crippen molar-refractivity contribution in [2.24, 2.45) is 0 Å². The Morgan fingerprint density at radius 1 is 1.05 bits per heavy atom. The summed E-state index contributed by atoms with van der Waals surface area (Å²) in [5.41, 5.74) is -0.736. The summed E-state index contributed by atoms with van der Waals surface area (Å²) in [6.45, 7) is 7.34. The number of hydrogen-bond donors (Lipinski definition) is 1. The first-order valence-corrected chi connectivity index (χ1v) is 7.37. The third-order valence-corrected chi connectivity index (χ3v) is 4.00. The highest BCUT2D eigenvalue weighted by Crippen LogP contribution is 2.17. The van der Waals surface area contributed by atoms with Crippen molar-refractivity contribution in [2.45, 2.75) is 51.5 Å². The van der Waals surface area contributed by atoms with Crippen LogP contribution in [0.1, 0.15) is 46.0 Å². The molecule has 0 spiro atoms. The zero-order valence-electron chi connectivity index (χ0n) is 12.1. The Hall–Kier alpha value is -1.10. The van der Waals surface area contributed by atoms with Crippen molar-refractivity contribution in [3.05, 3.63) is 0 Å². The first-order valence-electron chi connectivity index (χ1n) is 7.37. The fourth-order valence-corrected chi connectivity index (χ4v) is 2.83. The molecule has 2 heterocycles. The van der Waals surface area contributed by atoms with Gasteiger partial charge in [0.05, 0.1) is 0 Å². The highest BCUT2D eigenvalue weighted by Gasteiger charge is 2.43. The summed E-state index contributed by atoms with van der Waals surface area (Å²) in [4.78, 5) is 27.5. The van der Waals surface area contributed by atoms with Crippen molar-refractivity contribution in [3.8, 4) is 0 Å². The molecule has 0 unspecified atom stereocenters. The van der Waals surface area contributed by atoms with E-state index in [1.807, 2.05) is 0 Å². The van der Waals surface area contributed by atoms with Crippen LogP contribution in [0.3, 0.4) is 0 Å². The van der Waals surface area contributed by atoms with Crippen LogP contribution in [-0.2, 0) is 4.79 Å². The van der Waals surface area contributed by atoms with Gasteiger partial charge in [0, 0.05) is 6.54 Å². The van der Waals surface area contributed by atoms with Crippen LogP contribution in [0, 0.1) is 0 Å². The monoisotopic (exact) mass is 267 g/mol. The molecular weight excluding hydrogens is 242 g/mol. The van der Waals surface area contributed by atoms with Crippen LogP contribution < -0.4 is 5.32 Å². The predicted molar refractivity (Wildman–Crippen MR) is 73.8 cm³/mol. The highest BCUT2D eigenvalue weighted by molar-refractivity contribution is 6.06. The summed E-state index contributed by atoms with van der Waals surface area (Å²) in [5, 5.41) is 2.72.